The SMILES string of the molecule is COc1ccc2oc(C(=O)NC(C=O)COCc3cccc(C#N)c3)cc2c1. The summed E-state index contributed by atoms with van der Waals surface area (Å²) in [7, 11) is 1.56. The maximum absolute atomic E-state index is 12.4. The fourth-order valence-corrected chi connectivity index (χ4v) is 2.65. The van der Waals surface area contributed by atoms with Gasteiger partial charge in [0.15, 0.2) is 5.76 Å². The Morgan fingerprint density at radius 1 is 1.29 bits per heavy atom. The van der Waals surface area contributed by atoms with Gasteiger partial charge in [0, 0.05) is 5.39 Å². The number of nitriles is 1. The molecular formula is C21H18N2O5. The van der Waals surface area contributed by atoms with Gasteiger partial charge in [-0.2, -0.15) is 5.26 Å². The van der Waals surface area contributed by atoms with Crippen molar-refractivity contribution in [3.05, 3.63) is 65.4 Å². The van der Waals surface area contributed by atoms with Crippen LogP contribution < -0.4 is 10.1 Å². The molecule has 1 N–H and O–H groups in total. The molecule has 7 nitrogen and oxygen atoms in total. The quantitative estimate of drug-likeness (QED) is 0.605. The second kappa shape index (κ2) is 8.84. The van der Waals surface area contributed by atoms with Crippen LogP contribution in [0.1, 0.15) is 21.7 Å². The topological polar surface area (TPSA) is 102 Å². The number of carbonyl (C=O) groups excluding carboxylic acids is 2. The fraction of sp³-hybridized carbons (Fsp3) is 0.190. The van der Waals surface area contributed by atoms with Crippen LogP contribution >= 0.6 is 0 Å². The number of rotatable bonds is 8. The minimum absolute atomic E-state index is 0.0000719. The molecule has 28 heavy (non-hydrogen) atoms. The molecule has 0 spiro atoms. The number of fused-ring (bicyclic) bond motifs is 1. The Morgan fingerprint density at radius 2 is 2.14 bits per heavy atom. The minimum atomic E-state index is -0.825. The maximum atomic E-state index is 12.4. The van der Waals surface area contributed by atoms with Gasteiger partial charge in [0.2, 0.25) is 0 Å². The number of nitrogens with zero attached hydrogens (tertiary/aromatic N) is 1. The van der Waals surface area contributed by atoms with E-state index in [4.69, 9.17) is 19.2 Å². The summed E-state index contributed by atoms with van der Waals surface area (Å²) < 4.78 is 16.2. The van der Waals surface area contributed by atoms with Crippen molar-refractivity contribution in [3.63, 3.8) is 0 Å². The molecule has 1 amide bonds. The zero-order valence-electron chi connectivity index (χ0n) is 15.2. The van der Waals surface area contributed by atoms with Gasteiger partial charge in [-0.1, -0.05) is 12.1 Å². The van der Waals surface area contributed by atoms with Crippen LogP contribution in [0.5, 0.6) is 5.75 Å². The fourth-order valence-electron chi connectivity index (χ4n) is 2.65. The van der Waals surface area contributed by atoms with E-state index in [2.05, 4.69) is 11.4 Å². The number of benzene rings is 2. The lowest BCUT2D eigenvalue weighted by molar-refractivity contribution is -0.110. The van der Waals surface area contributed by atoms with Crippen molar-refractivity contribution in [1.82, 2.24) is 5.32 Å². The van der Waals surface area contributed by atoms with E-state index >= 15 is 0 Å². The van der Waals surface area contributed by atoms with Crippen LogP contribution in [-0.4, -0.2) is 32.0 Å². The van der Waals surface area contributed by atoms with Gasteiger partial charge < -0.3 is 24.0 Å². The summed E-state index contributed by atoms with van der Waals surface area (Å²) in [6.45, 7) is 0.222. The van der Waals surface area contributed by atoms with E-state index < -0.39 is 11.9 Å². The highest BCUT2D eigenvalue weighted by atomic mass is 16.5. The second-order valence-corrected chi connectivity index (χ2v) is 6.06. The van der Waals surface area contributed by atoms with E-state index in [1.54, 1.807) is 49.6 Å². The summed E-state index contributed by atoms with van der Waals surface area (Å²) in [5.41, 5.74) is 1.88. The number of hydrogen-bond acceptors (Lipinski definition) is 6. The van der Waals surface area contributed by atoms with Crippen molar-refractivity contribution in [2.45, 2.75) is 12.6 Å². The predicted octanol–water partition coefficient (Wildman–Crippen LogP) is 2.83. The number of ether oxygens (including phenoxy) is 2. The molecule has 0 saturated carbocycles. The first-order chi connectivity index (χ1) is 13.6. The zero-order chi connectivity index (χ0) is 19.9. The summed E-state index contributed by atoms with van der Waals surface area (Å²) in [5, 5.41) is 12.2. The van der Waals surface area contributed by atoms with Gasteiger partial charge in [0.1, 0.15) is 23.7 Å². The number of amides is 1. The lowest BCUT2D eigenvalue weighted by Crippen LogP contribution is -2.39. The van der Waals surface area contributed by atoms with Gasteiger partial charge in [-0.25, -0.2) is 0 Å². The molecule has 1 atom stereocenters. The van der Waals surface area contributed by atoms with Crippen molar-refractivity contribution in [2.75, 3.05) is 13.7 Å². The third kappa shape index (κ3) is 4.55. The summed E-state index contributed by atoms with van der Waals surface area (Å²) >= 11 is 0. The average molecular weight is 378 g/mol. The number of furan rings is 1. The zero-order valence-corrected chi connectivity index (χ0v) is 15.2. The molecule has 0 aliphatic carbocycles. The molecule has 0 saturated heterocycles. The molecule has 7 heteroatoms. The maximum Gasteiger partial charge on any atom is 0.287 e. The smallest absolute Gasteiger partial charge is 0.287 e. The van der Waals surface area contributed by atoms with Crippen molar-refractivity contribution in [1.29, 1.82) is 5.26 Å². The molecule has 0 fully saturated rings. The Labute approximate surface area is 161 Å². The first kappa shape index (κ1) is 19.1. The molecule has 2 aromatic carbocycles. The highest BCUT2D eigenvalue weighted by Gasteiger charge is 2.17. The number of nitrogens with one attached hydrogen (secondary N) is 1. The first-order valence-electron chi connectivity index (χ1n) is 8.53. The molecule has 3 rings (SSSR count). The molecular weight excluding hydrogens is 360 g/mol. The third-order valence-electron chi connectivity index (χ3n) is 4.05. The Kier molecular flexibility index (Phi) is 6.04. The van der Waals surface area contributed by atoms with Crippen molar-refractivity contribution in [2.24, 2.45) is 0 Å². The molecule has 1 aromatic heterocycles. The normalized spacial score (nSPS) is 11.6. The Hall–Kier alpha value is -3.63. The lowest BCUT2D eigenvalue weighted by Gasteiger charge is -2.12. The van der Waals surface area contributed by atoms with Gasteiger partial charge >= 0.3 is 0 Å². The average Bonchev–Trinajstić information content (AvgIpc) is 3.16. The molecule has 0 aliphatic heterocycles. The van der Waals surface area contributed by atoms with Gasteiger partial charge in [-0.3, -0.25) is 4.79 Å². The summed E-state index contributed by atoms with van der Waals surface area (Å²) in [4.78, 5) is 23.7. The highest BCUT2D eigenvalue weighted by molar-refractivity contribution is 5.97. The van der Waals surface area contributed by atoms with Gasteiger partial charge in [0.05, 0.1) is 32.0 Å². The Bertz CT molecular complexity index is 1030. The van der Waals surface area contributed by atoms with Crippen LogP contribution in [0.15, 0.2) is 52.9 Å². The molecule has 0 aliphatic rings. The Morgan fingerprint density at radius 3 is 2.89 bits per heavy atom. The molecule has 1 heterocycles. The molecule has 1 unspecified atom stereocenters. The van der Waals surface area contributed by atoms with E-state index in [-0.39, 0.29) is 19.0 Å². The number of hydrogen-bond donors (Lipinski definition) is 1. The summed E-state index contributed by atoms with van der Waals surface area (Å²) in [5.74, 6) is 0.235. The van der Waals surface area contributed by atoms with Gasteiger partial charge in [-0.05, 0) is 42.0 Å². The summed E-state index contributed by atoms with van der Waals surface area (Å²) in [6, 6.07) is 15.0. The highest BCUT2D eigenvalue weighted by Crippen LogP contribution is 2.24. The Balaban J connectivity index is 1.58. The van der Waals surface area contributed by atoms with E-state index in [0.717, 1.165) is 10.9 Å². The second-order valence-electron chi connectivity index (χ2n) is 6.06. The van der Waals surface area contributed by atoms with Crippen LogP contribution in [0.25, 0.3) is 11.0 Å². The predicted molar refractivity (Wildman–Crippen MR) is 101 cm³/mol. The van der Waals surface area contributed by atoms with E-state index in [9.17, 15) is 9.59 Å². The number of methoxy groups -OCH3 is 1. The van der Waals surface area contributed by atoms with Crippen LogP contribution in [0.2, 0.25) is 0 Å². The minimum Gasteiger partial charge on any atom is -0.497 e. The van der Waals surface area contributed by atoms with Gasteiger partial charge in [0.25, 0.3) is 5.91 Å². The monoisotopic (exact) mass is 378 g/mol. The van der Waals surface area contributed by atoms with Crippen molar-refractivity contribution < 1.29 is 23.5 Å². The largest absolute Gasteiger partial charge is 0.497 e. The van der Waals surface area contributed by atoms with Crippen molar-refractivity contribution >= 4 is 23.2 Å². The molecule has 142 valence electrons. The number of carbonyl (C=O) groups is 2. The molecule has 0 radical (unpaired) electrons. The van der Waals surface area contributed by atoms with Crippen LogP contribution in [0.4, 0.5) is 0 Å². The molecule has 3 aromatic rings. The lowest BCUT2D eigenvalue weighted by atomic mass is 10.1. The van der Waals surface area contributed by atoms with E-state index in [1.807, 2.05) is 6.07 Å². The first-order valence-corrected chi connectivity index (χ1v) is 8.53. The van der Waals surface area contributed by atoms with Crippen molar-refractivity contribution in [3.8, 4) is 11.8 Å². The summed E-state index contributed by atoms with van der Waals surface area (Å²) in [6.07, 6.45) is 0.606. The van der Waals surface area contributed by atoms with Gasteiger partial charge in [-0.15, -0.1) is 0 Å². The standard InChI is InChI=1S/C21H18N2O5/c1-26-18-5-6-19-16(8-18)9-20(28-19)21(25)23-17(11-24)13-27-12-15-4-2-3-14(7-15)10-22/h2-9,11,17H,12-13H2,1H3,(H,23,25). The van der Waals surface area contributed by atoms with Crippen LogP contribution in [-0.2, 0) is 16.1 Å². The van der Waals surface area contributed by atoms with Crippen LogP contribution in [0, 0.1) is 11.3 Å². The van der Waals surface area contributed by atoms with E-state index in [0.29, 0.717) is 23.2 Å². The third-order valence-corrected chi connectivity index (χ3v) is 4.05. The van der Waals surface area contributed by atoms with Crippen LogP contribution in [0.3, 0.4) is 0 Å². The molecule has 0 bridgehead atoms. The van der Waals surface area contributed by atoms with E-state index in [1.165, 1.54) is 0 Å². The number of aldehydes is 1.